The lowest BCUT2D eigenvalue weighted by Gasteiger charge is -1.95. The van der Waals surface area contributed by atoms with Gasteiger partial charge in [-0.1, -0.05) is 0 Å². The molecule has 1 atom stereocenters. The van der Waals surface area contributed by atoms with Gasteiger partial charge < -0.3 is 15.6 Å². The van der Waals surface area contributed by atoms with Gasteiger partial charge in [-0.3, -0.25) is 4.79 Å². The molecule has 0 aromatic carbocycles. The molecule has 3 N–H and O–H groups in total. The predicted octanol–water partition coefficient (Wildman–Crippen LogP) is -0.442. The van der Waals surface area contributed by atoms with Crippen molar-refractivity contribution in [3.8, 4) is 0 Å². The van der Waals surface area contributed by atoms with Gasteiger partial charge in [0.2, 0.25) is 0 Å². The Hall–Kier alpha value is -1.03. The highest BCUT2D eigenvalue weighted by Gasteiger charge is 2.04. The van der Waals surface area contributed by atoms with Crippen LogP contribution in [0.3, 0.4) is 0 Å². The summed E-state index contributed by atoms with van der Waals surface area (Å²) in [5, 5.41) is 8.18. The number of hydrogen-bond donors (Lipinski definition) is 2. The fourth-order valence-electron chi connectivity index (χ4n) is 0.246. The third-order valence-electron chi connectivity index (χ3n) is 0.707. The van der Waals surface area contributed by atoms with E-state index in [2.05, 4.69) is 4.74 Å². The van der Waals surface area contributed by atoms with Crippen molar-refractivity contribution in [2.24, 2.45) is 5.73 Å². The summed E-state index contributed by atoms with van der Waals surface area (Å²) < 4.78 is 4.44. The van der Waals surface area contributed by atoms with Gasteiger partial charge in [-0.15, -0.1) is 0 Å². The van der Waals surface area contributed by atoms with Crippen LogP contribution in [0.25, 0.3) is 0 Å². The molecule has 0 aliphatic rings. The number of aliphatic carboxylic acids is 1. The van der Waals surface area contributed by atoms with Crippen molar-refractivity contribution in [3.63, 3.8) is 0 Å². The summed E-state index contributed by atoms with van der Waals surface area (Å²) in [6, 6.07) is -0.968. The molecule has 9 heavy (non-hydrogen) atoms. The second-order valence-corrected chi connectivity index (χ2v) is 1.43. The summed E-state index contributed by atoms with van der Waals surface area (Å²) in [5.41, 5.74) is 5.04. The van der Waals surface area contributed by atoms with Crippen molar-refractivity contribution in [1.29, 1.82) is 0 Å². The van der Waals surface area contributed by atoms with Crippen molar-refractivity contribution in [1.82, 2.24) is 0 Å². The van der Waals surface area contributed by atoms with Gasteiger partial charge in [-0.25, -0.2) is 0 Å². The van der Waals surface area contributed by atoms with Crippen LogP contribution in [0.5, 0.6) is 0 Å². The van der Waals surface area contributed by atoms with E-state index < -0.39 is 12.0 Å². The van der Waals surface area contributed by atoms with E-state index in [9.17, 15) is 4.79 Å². The Morgan fingerprint density at radius 2 is 2.44 bits per heavy atom. The summed E-state index contributed by atoms with van der Waals surface area (Å²) in [4.78, 5) is 9.97. The van der Waals surface area contributed by atoms with E-state index in [4.69, 9.17) is 10.8 Å². The zero-order valence-electron chi connectivity index (χ0n) is 5.07. The van der Waals surface area contributed by atoms with E-state index in [1.165, 1.54) is 19.4 Å². The van der Waals surface area contributed by atoms with Gasteiger partial charge in [0.05, 0.1) is 13.4 Å². The normalized spacial score (nSPS) is 13.6. The van der Waals surface area contributed by atoms with Gasteiger partial charge in [0.25, 0.3) is 0 Å². The third-order valence-corrected chi connectivity index (χ3v) is 0.707. The SMILES string of the molecule is COC=C[C@H](N)C(=O)O. The van der Waals surface area contributed by atoms with Gasteiger partial charge in [-0.2, -0.15) is 0 Å². The summed E-state index contributed by atoms with van der Waals surface area (Å²) in [7, 11) is 1.42. The van der Waals surface area contributed by atoms with Crippen LogP contribution >= 0.6 is 0 Å². The van der Waals surface area contributed by atoms with E-state index in [1.807, 2.05) is 0 Å². The van der Waals surface area contributed by atoms with E-state index in [-0.39, 0.29) is 0 Å². The number of methoxy groups -OCH3 is 1. The van der Waals surface area contributed by atoms with Crippen LogP contribution in [0.4, 0.5) is 0 Å². The monoisotopic (exact) mass is 131 g/mol. The lowest BCUT2D eigenvalue weighted by Crippen LogP contribution is -2.27. The molecule has 0 amide bonds. The zero-order chi connectivity index (χ0) is 7.28. The largest absolute Gasteiger partial charge is 0.505 e. The molecule has 0 aliphatic carbocycles. The maximum Gasteiger partial charge on any atom is 0.324 e. The standard InChI is InChI=1S/C5H9NO3/c1-9-3-2-4(6)5(7)8/h2-4H,6H2,1H3,(H,7,8)/t4-/m0/s1. The average molecular weight is 131 g/mol. The minimum absolute atomic E-state index is 0.968. The first-order valence-electron chi connectivity index (χ1n) is 2.36. The summed E-state index contributed by atoms with van der Waals surface area (Å²) in [5.74, 6) is -1.07. The fourth-order valence-corrected chi connectivity index (χ4v) is 0.246. The molecule has 0 rings (SSSR count). The summed E-state index contributed by atoms with van der Waals surface area (Å²) in [6.45, 7) is 0. The third kappa shape index (κ3) is 3.54. The van der Waals surface area contributed by atoms with Gasteiger partial charge in [0, 0.05) is 0 Å². The van der Waals surface area contributed by atoms with Crippen molar-refractivity contribution >= 4 is 5.97 Å². The molecular formula is C5H9NO3. The molecule has 0 aromatic rings. The smallest absolute Gasteiger partial charge is 0.324 e. The predicted molar refractivity (Wildman–Crippen MR) is 31.8 cm³/mol. The van der Waals surface area contributed by atoms with Crippen LogP contribution in [-0.2, 0) is 9.53 Å². The highest BCUT2D eigenvalue weighted by Crippen LogP contribution is 1.81. The molecule has 0 aliphatic heterocycles. The van der Waals surface area contributed by atoms with Crippen molar-refractivity contribution in [2.75, 3.05) is 7.11 Å². The molecule has 0 radical (unpaired) electrons. The van der Waals surface area contributed by atoms with Gasteiger partial charge in [-0.05, 0) is 6.08 Å². The number of ether oxygens (including phenoxy) is 1. The minimum Gasteiger partial charge on any atom is -0.505 e. The van der Waals surface area contributed by atoms with Crippen LogP contribution < -0.4 is 5.73 Å². The molecular weight excluding hydrogens is 122 g/mol. The van der Waals surface area contributed by atoms with Crippen molar-refractivity contribution in [2.45, 2.75) is 6.04 Å². The molecule has 0 spiro atoms. The molecule has 0 bridgehead atoms. The molecule has 0 heterocycles. The molecule has 4 heteroatoms. The van der Waals surface area contributed by atoms with Gasteiger partial charge in [0.15, 0.2) is 0 Å². The number of carbonyl (C=O) groups is 1. The minimum atomic E-state index is -1.07. The molecule has 0 saturated heterocycles. The highest BCUT2D eigenvalue weighted by molar-refractivity contribution is 5.75. The maximum absolute atomic E-state index is 9.97. The Bertz CT molecular complexity index is 121. The number of nitrogens with two attached hydrogens (primary N) is 1. The van der Waals surface area contributed by atoms with E-state index in [0.29, 0.717) is 0 Å². The maximum atomic E-state index is 9.97. The fraction of sp³-hybridized carbons (Fsp3) is 0.400. The number of hydrogen-bond acceptors (Lipinski definition) is 3. The Labute approximate surface area is 52.9 Å². The van der Waals surface area contributed by atoms with Gasteiger partial charge >= 0.3 is 5.97 Å². The molecule has 52 valence electrons. The quantitative estimate of drug-likeness (QED) is 0.509. The lowest BCUT2D eigenvalue weighted by molar-refractivity contribution is -0.137. The first-order valence-corrected chi connectivity index (χ1v) is 2.36. The second-order valence-electron chi connectivity index (χ2n) is 1.43. The summed E-state index contributed by atoms with van der Waals surface area (Å²) in [6.07, 6.45) is 2.49. The first-order chi connectivity index (χ1) is 4.18. The first kappa shape index (κ1) is 7.97. The van der Waals surface area contributed by atoms with Crippen LogP contribution in [0.1, 0.15) is 0 Å². The second kappa shape index (κ2) is 3.91. The van der Waals surface area contributed by atoms with Crippen LogP contribution in [0.15, 0.2) is 12.3 Å². The molecule has 0 unspecified atom stereocenters. The Balaban J connectivity index is 3.62. The van der Waals surface area contributed by atoms with Gasteiger partial charge in [0.1, 0.15) is 6.04 Å². The van der Waals surface area contributed by atoms with Crippen LogP contribution in [0, 0.1) is 0 Å². The molecule has 0 fully saturated rings. The van der Waals surface area contributed by atoms with Crippen LogP contribution in [0.2, 0.25) is 0 Å². The number of carboxylic acid groups (broad SMARTS) is 1. The molecule has 4 nitrogen and oxygen atoms in total. The zero-order valence-corrected chi connectivity index (χ0v) is 5.07. The Kier molecular flexibility index (Phi) is 3.46. The van der Waals surface area contributed by atoms with E-state index >= 15 is 0 Å². The Morgan fingerprint density at radius 1 is 1.89 bits per heavy atom. The lowest BCUT2D eigenvalue weighted by atomic mass is 10.3. The van der Waals surface area contributed by atoms with Crippen molar-refractivity contribution in [3.05, 3.63) is 12.3 Å². The molecule has 0 saturated carbocycles. The van der Waals surface area contributed by atoms with Crippen molar-refractivity contribution < 1.29 is 14.6 Å². The highest BCUT2D eigenvalue weighted by atomic mass is 16.5. The average Bonchev–Trinajstić information content (AvgIpc) is 1.82. The summed E-state index contributed by atoms with van der Waals surface area (Å²) >= 11 is 0. The topological polar surface area (TPSA) is 72.5 Å². The van der Waals surface area contributed by atoms with E-state index in [1.54, 1.807) is 0 Å². The molecule has 0 aromatic heterocycles. The van der Waals surface area contributed by atoms with Crippen LogP contribution in [-0.4, -0.2) is 24.2 Å². The number of rotatable bonds is 3. The Morgan fingerprint density at radius 3 is 2.78 bits per heavy atom. The number of carboxylic acids is 1. The van der Waals surface area contributed by atoms with E-state index in [0.717, 1.165) is 0 Å².